The van der Waals surface area contributed by atoms with Gasteiger partial charge in [-0.3, -0.25) is 0 Å². The Kier molecular flexibility index (Phi) is 5.27. The average molecular weight is 222 g/mol. The van der Waals surface area contributed by atoms with Gasteiger partial charge in [-0.25, -0.2) is 0 Å². The second kappa shape index (κ2) is 6.24. The minimum atomic E-state index is -0.142. The van der Waals surface area contributed by atoms with Gasteiger partial charge in [0.05, 0.1) is 6.10 Å². The van der Waals surface area contributed by atoms with Crippen molar-refractivity contribution < 1.29 is 5.11 Å². The Bertz CT molecular complexity index is 284. The summed E-state index contributed by atoms with van der Waals surface area (Å²) in [6.45, 7) is 8.62. The second-order valence-electron chi connectivity index (χ2n) is 5.49. The molecular weight excluding hydrogens is 196 g/mol. The van der Waals surface area contributed by atoms with E-state index in [4.69, 9.17) is 0 Å². The Hall–Kier alpha value is -0.560. The van der Waals surface area contributed by atoms with Crippen LogP contribution in [0.3, 0.4) is 0 Å². The van der Waals surface area contributed by atoms with Gasteiger partial charge in [-0.15, -0.1) is 0 Å². The van der Waals surface area contributed by atoms with Crippen molar-refractivity contribution in [2.75, 3.05) is 0 Å². The zero-order valence-electron chi connectivity index (χ0n) is 11.2. The molecule has 1 nitrogen and oxygen atoms in total. The summed E-state index contributed by atoms with van der Waals surface area (Å²) in [4.78, 5) is 0. The van der Waals surface area contributed by atoms with E-state index >= 15 is 0 Å². The lowest BCUT2D eigenvalue weighted by atomic mass is 9.89. The van der Waals surface area contributed by atoms with Gasteiger partial charge < -0.3 is 5.11 Å². The van der Waals surface area contributed by atoms with E-state index in [9.17, 15) is 5.11 Å². The maximum Gasteiger partial charge on any atom is 0.0566 e. The lowest BCUT2D eigenvalue weighted by molar-refractivity contribution is 0.116. The van der Waals surface area contributed by atoms with Gasteiger partial charge in [-0.2, -0.15) is 0 Å². The van der Waals surface area contributed by atoms with Crippen molar-refractivity contribution in [3.63, 3.8) is 0 Å². The number of allylic oxidation sites excluding steroid dienone is 4. The summed E-state index contributed by atoms with van der Waals surface area (Å²) in [6.07, 6.45) is 7.76. The van der Waals surface area contributed by atoms with Crippen LogP contribution in [-0.4, -0.2) is 11.2 Å². The van der Waals surface area contributed by atoms with Gasteiger partial charge in [0, 0.05) is 0 Å². The molecule has 1 rings (SSSR count). The molecule has 1 aliphatic rings. The first-order chi connectivity index (χ1) is 7.50. The third-order valence-corrected chi connectivity index (χ3v) is 3.71. The third kappa shape index (κ3) is 4.13. The van der Waals surface area contributed by atoms with Crippen LogP contribution in [0.2, 0.25) is 0 Å². The molecule has 1 heteroatoms. The fraction of sp³-hybridized carbons (Fsp3) is 0.733. The van der Waals surface area contributed by atoms with E-state index in [-0.39, 0.29) is 6.10 Å². The molecular formula is C15H26O. The zero-order valence-corrected chi connectivity index (χ0v) is 11.2. The van der Waals surface area contributed by atoms with Crippen LogP contribution in [0.1, 0.15) is 59.8 Å². The number of aliphatic hydroxyl groups excluding tert-OH is 1. The van der Waals surface area contributed by atoms with Crippen molar-refractivity contribution in [1.29, 1.82) is 0 Å². The van der Waals surface area contributed by atoms with Crippen LogP contribution < -0.4 is 0 Å². The van der Waals surface area contributed by atoms with E-state index in [1.807, 2.05) is 0 Å². The van der Waals surface area contributed by atoms with Gasteiger partial charge in [0.1, 0.15) is 0 Å². The fourth-order valence-corrected chi connectivity index (χ4v) is 2.11. The fourth-order valence-electron chi connectivity index (χ4n) is 2.11. The van der Waals surface area contributed by atoms with Crippen molar-refractivity contribution in [1.82, 2.24) is 0 Å². The highest BCUT2D eigenvalue weighted by Gasteiger charge is 2.11. The number of hydrogen-bond donors (Lipinski definition) is 1. The molecule has 0 aromatic heterocycles. The smallest absolute Gasteiger partial charge is 0.0566 e. The van der Waals surface area contributed by atoms with Crippen LogP contribution in [0.4, 0.5) is 0 Å². The molecule has 1 unspecified atom stereocenters. The van der Waals surface area contributed by atoms with Gasteiger partial charge in [-0.1, -0.05) is 36.6 Å². The van der Waals surface area contributed by atoms with E-state index in [1.54, 1.807) is 5.57 Å². The van der Waals surface area contributed by atoms with Crippen molar-refractivity contribution in [2.45, 2.75) is 65.9 Å². The predicted molar refractivity (Wildman–Crippen MR) is 70.4 cm³/mol. The normalized spacial score (nSPS) is 22.0. The largest absolute Gasteiger partial charge is 0.393 e. The molecule has 0 aliphatic heterocycles. The van der Waals surface area contributed by atoms with Gasteiger partial charge >= 0.3 is 0 Å². The predicted octanol–water partition coefficient (Wildman–Crippen LogP) is 4.23. The summed E-state index contributed by atoms with van der Waals surface area (Å²) >= 11 is 0. The minimum absolute atomic E-state index is 0.142. The third-order valence-electron chi connectivity index (χ3n) is 3.71. The number of aliphatic hydroxyl groups is 1. The molecule has 0 saturated heterocycles. The molecule has 0 aromatic carbocycles. The topological polar surface area (TPSA) is 20.2 Å². The lowest BCUT2D eigenvalue weighted by Gasteiger charge is -2.18. The summed E-state index contributed by atoms with van der Waals surface area (Å²) in [5.74, 6) is 0.381. The summed E-state index contributed by atoms with van der Waals surface area (Å²) in [5.41, 5.74) is 4.63. The average Bonchev–Trinajstić information content (AvgIpc) is 2.26. The van der Waals surface area contributed by atoms with Crippen LogP contribution in [-0.2, 0) is 0 Å². The molecule has 1 N–H and O–H groups in total. The summed E-state index contributed by atoms with van der Waals surface area (Å²) in [6, 6.07) is 0. The van der Waals surface area contributed by atoms with Gasteiger partial charge in [-0.05, 0) is 51.9 Å². The first-order valence-corrected chi connectivity index (χ1v) is 6.52. The summed E-state index contributed by atoms with van der Waals surface area (Å²) in [7, 11) is 0. The van der Waals surface area contributed by atoms with E-state index in [0.29, 0.717) is 5.92 Å². The molecule has 1 aliphatic carbocycles. The second-order valence-corrected chi connectivity index (χ2v) is 5.49. The Labute approximate surface area is 100 Å². The highest BCUT2D eigenvalue weighted by atomic mass is 16.3. The Balaban J connectivity index is 2.45. The van der Waals surface area contributed by atoms with Crippen LogP contribution in [0.25, 0.3) is 0 Å². The van der Waals surface area contributed by atoms with Crippen LogP contribution in [0.5, 0.6) is 0 Å². The monoisotopic (exact) mass is 222 g/mol. The van der Waals surface area contributed by atoms with E-state index in [1.165, 1.54) is 24.0 Å². The first-order valence-electron chi connectivity index (χ1n) is 6.52. The maximum absolute atomic E-state index is 9.78. The number of rotatable bonds is 4. The van der Waals surface area contributed by atoms with Crippen molar-refractivity contribution in [3.8, 4) is 0 Å². The Morgan fingerprint density at radius 2 is 2.06 bits per heavy atom. The van der Waals surface area contributed by atoms with Crippen molar-refractivity contribution >= 4 is 0 Å². The SMILES string of the molecule is CC1=CC/C(=C(/C)CCC(O)C(C)C)CC1. The molecule has 0 fully saturated rings. The van der Waals surface area contributed by atoms with E-state index in [0.717, 1.165) is 19.3 Å². The molecule has 0 radical (unpaired) electrons. The highest BCUT2D eigenvalue weighted by molar-refractivity contribution is 5.22. The molecule has 0 bridgehead atoms. The Morgan fingerprint density at radius 3 is 2.56 bits per heavy atom. The molecule has 0 spiro atoms. The summed E-state index contributed by atoms with van der Waals surface area (Å²) < 4.78 is 0. The van der Waals surface area contributed by atoms with Crippen molar-refractivity contribution in [3.05, 3.63) is 22.8 Å². The summed E-state index contributed by atoms with van der Waals surface area (Å²) in [5, 5.41) is 9.78. The Morgan fingerprint density at radius 1 is 1.38 bits per heavy atom. The van der Waals surface area contributed by atoms with Crippen LogP contribution in [0, 0.1) is 5.92 Å². The molecule has 16 heavy (non-hydrogen) atoms. The standard InChI is InChI=1S/C15H26O/c1-11(2)15(16)10-7-13(4)14-8-5-12(3)6-9-14/h5,11,15-16H,6-10H2,1-4H3/b14-13+. The van der Waals surface area contributed by atoms with Gasteiger partial charge in [0.2, 0.25) is 0 Å². The van der Waals surface area contributed by atoms with Crippen molar-refractivity contribution in [2.24, 2.45) is 5.92 Å². The molecule has 1 atom stereocenters. The lowest BCUT2D eigenvalue weighted by Crippen LogP contribution is -2.14. The van der Waals surface area contributed by atoms with Gasteiger partial charge in [0.15, 0.2) is 0 Å². The van der Waals surface area contributed by atoms with E-state index < -0.39 is 0 Å². The molecule has 0 aromatic rings. The van der Waals surface area contributed by atoms with E-state index in [2.05, 4.69) is 33.8 Å². The highest BCUT2D eigenvalue weighted by Crippen LogP contribution is 2.27. The molecule has 0 heterocycles. The zero-order chi connectivity index (χ0) is 12.1. The number of hydrogen-bond acceptors (Lipinski definition) is 1. The van der Waals surface area contributed by atoms with Crippen LogP contribution in [0.15, 0.2) is 22.8 Å². The first kappa shape index (κ1) is 13.5. The molecule has 0 saturated carbocycles. The quantitative estimate of drug-likeness (QED) is 0.706. The maximum atomic E-state index is 9.78. The molecule has 92 valence electrons. The minimum Gasteiger partial charge on any atom is -0.393 e. The molecule has 0 amide bonds. The van der Waals surface area contributed by atoms with Gasteiger partial charge in [0.25, 0.3) is 0 Å². The van der Waals surface area contributed by atoms with Crippen LogP contribution >= 0.6 is 0 Å².